The zero-order valence-electron chi connectivity index (χ0n) is 28.7. The average Bonchev–Trinajstić information content (AvgIpc) is 3.08. The first-order chi connectivity index (χ1) is 23.6. The van der Waals surface area contributed by atoms with E-state index in [1.807, 2.05) is 42.5 Å². The van der Waals surface area contributed by atoms with Crippen LogP contribution in [0.3, 0.4) is 0 Å². The molecule has 0 heterocycles. The van der Waals surface area contributed by atoms with Crippen molar-refractivity contribution in [3.05, 3.63) is 96.1 Å². The monoisotopic (exact) mass is 694 g/mol. The van der Waals surface area contributed by atoms with Gasteiger partial charge in [-0.15, -0.1) is 0 Å². The minimum atomic E-state index is -5.04. The molecule has 11 heteroatoms. The van der Waals surface area contributed by atoms with Crippen molar-refractivity contribution in [2.24, 2.45) is 17.8 Å². The number of ketones is 3. The summed E-state index contributed by atoms with van der Waals surface area (Å²) in [7, 11) is 0. The van der Waals surface area contributed by atoms with Gasteiger partial charge < -0.3 is 20.5 Å². The highest BCUT2D eigenvalue weighted by atomic mass is 19.4. The van der Waals surface area contributed by atoms with E-state index in [0.29, 0.717) is 5.56 Å². The highest BCUT2D eigenvalue weighted by Gasteiger charge is 2.44. The van der Waals surface area contributed by atoms with Crippen molar-refractivity contribution in [2.75, 3.05) is 0 Å². The molecule has 0 aliphatic heterocycles. The second-order valence-electron chi connectivity index (χ2n) is 13.1. The van der Waals surface area contributed by atoms with Crippen LogP contribution in [0, 0.1) is 17.8 Å². The van der Waals surface area contributed by atoms with Crippen LogP contribution in [0.5, 0.6) is 0 Å². The highest BCUT2D eigenvalue weighted by molar-refractivity contribution is 6.00. The van der Waals surface area contributed by atoms with Gasteiger partial charge >= 0.3 is 6.18 Å². The van der Waals surface area contributed by atoms with Gasteiger partial charge in [-0.25, -0.2) is 0 Å². The van der Waals surface area contributed by atoms with Crippen LogP contribution in [0.2, 0.25) is 0 Å². The zero-order chi connectivity index (χ0) is 37.0. The van der Waals surface area contributed by atoms with Crippen molar-refractivity contribution < 1.29 is 42.3 Å². The molecule has 8 nitrogen and oxygen atoms in total. The Hall–Kier alpha value is -4.64. The standard InChI is InChI=1S/C39H45F3N2O6/c1-24(2)31(23-34(46)30-18-16-29(17-19-30)28-13-9-6-10-14-28)38(50)44-33(22-27-11-7-5-8-12-27)35(47)21-25(3)37(49)43-32(20-15-26(4)45)36(48)39(40,41)42/h5-14,16-19,24-25,31-33,36,48H,15,20-23H2,1-4H3,(H,43,49)(H,44,50)/t25-,31-,32?,33+,36?/m1/s1. The Balaban J connectivity index is 1.74. The van der Waals surface area contributed by atoms with Gasteiger partial charge in [-0.3, -0.25) is 19.2 Å². The number of Topliss-reactive ketones (excluding diaryl/α,β-unsaturated/α-hetero) is 3. The Morgan fingerprint density at radius 1 is 0.740 bits per heavy atom. The van der Waals surface area contributed by atoms with E-state index in [4.69, 9.17) is 0 Å². The van der Waals surface area contributed by atoms with Crippen molar-refractivity contribution in [1.29, 1.82) is 0 Å². The number of hydrogen-bond donors (Lipinski definition) is 3. The summed E-state index contributed by atoms with van der Waals surface area (Å²) in [5.74, 6) is -4.80. The molecule has 50 heavy (non-hydrogen) atoms. The number of aliphatic hydroxyl groups is 1. The molecule has 3 aromatic carbocycles. The van der Waals surface area contributed by atoms with Gasteiger partial charge in [0.05, 0.1) is 12.1 Å². The first-order valence-electron chi connectivity index (χ1n) is 16.7. The Bertz CT molecular complexity index is 1590. The predicted octanol–water partition coefficient (Wildman–Crippen LogP) is 6.30. The van der Waals surface area contributed by atoms with E-state index in [9.17, 15) is 42.3 Å². The number of amides is 2. The molecule has 0 saturated heterocycles. The van der Waals surface area contributed by atoms with Gasteiger partial charge in [-0.05, 0) is 42.4 Å². The van der Waals surface area contributed by atoms with Crippen molar-refractivity contribution >= 4 is 29.2 Å². The van der Waals surface area contributed by atoms with E-state index in [1.54, 1.807) is 56.3 Å². The largest absolute Gasteiger partial charge is 0.416 e. The van der Waals surface area contributed by atoms with Crippen molar-refractivity contribution in [1.82, 2.24) is 10.6 Å². The first kappa shape index (κ1) is 39.8. The van der Waals surface area contributed by atoms with Crippen LogP contribution >= 0.6 is 0 Å². The number of aliphatic hydroxyl groups excluding tert-OH is 1. The number of halogens is 3. The third-order valence-electron chi connectivity index (χ3n) is 8.66. The molecule has 0 saturated carbocycles. The maximum atomic E-state index is 13.7. The van der Waals surface area contributed by atoms with Crippen LogP contribution in [0.25, 0.3) is 11.1 Å². The Morgan fingerprint density at radius 2 is 1.30 bits per heavy atom. The van der Waals surface area contributed by atoms with Crippen molar-refractivity contribution in [3.8, 4) is 11.1 Å². The second kappa shape index (κ2) is 18.4. The molecule has 2 unspecified atom stereocenters. The van der Waals surface area contributed by atoms with Gasteiger partial charge in [0.2, 0.25) is 11.8 Å². The van der Waals surface area contributed by atoms with Crippen LogP contribution in [-0.4, -0.2) is 58.6 Å². The van der Waals surface area contributed by atoms with E-state index < -0.39 is 72.4 Å². The SMILES string of the molecule is CC(=O)CCC(NC(=O)[C@H](C)CC(=O)[C@H](Cc1ccccc1)NC(=O)[C@H](CC(=O)c1ccc(-c2ccccc2)cc1)C(C)C)C(O)C(F)(F)F. The van der Waals surface area contributed by atoms with E-state index in [2.05, 4.69) is 10.6 Å². The molecule has 0 radical (unpaired) electrons. The summed E-state index contributed by atoms with van der Waals surface area (Å²) in [5.41, 5.74) is 3.10. The molecule has 3 aromatic rings. The predicted molar refractivity (Wildman–Crippen MR) is 184 cm³/mol. The molecule has 0 aliphatic rings. The number of alkyl halides is 3. The fourth-order valence-corrected chi connectivity index (χ4v) is 5.56. The average molecular weight is 695 g/mol. The van der Waals surface area contributed by atoms with E-state index in [1.165, 1.54) is 13.8 Å². The summed E-state index contributed by atoms with van der Waals surface area (Å²) in [4.78, 5) is 65.0. The van der Waals surface area contributed by atoms with Crippen molar-refractivity contribution in [3.63, 3.8) is 0 Å². The Labute approximate surface area is 290 Å². The molecule has 3 rings (SSSR count). The van der Waals surface area contributed by atoms with E-state index >= 15 is 0 Å². The molecule has 3 N–H and O–H groups in total. The summed E-state index contributed by atoms with van der Waals surface area (Å²) in [6.07, 6.45) is -9.15. The van der Waals surface area contributed by atoms with Crippen molar-refractivity contribution in [2.45, 2.75) is 84.2 Å². The number of benzene rings is 3. The van der Waals surface area contributed by atoms with E-state index in [0.717, 1.165) is 16.7 Å². The van der Waals surface area contributed by atoms with Gasteiger partial charge in [-0.2, -0.15) is 13.2 Å². The lowest BCUT2D eigenvalue weighted by Crippen LogP contribution is -2.52. The lowest BCUT2D eigenvalue weighted by molar-refractivity contribution is -0.213. The van der Waals surface area contributed by atoms with Gasteiger partial charge in [0.1, 0.15) is 5.78 Å². The molecular formula is C39H45F3N2O6. The number of carbonyl (C=O) groups is 5. The molecule has 5 atom stereocenters. The van der Waals surface area contributed by atoms with Crippen LogP contribution in [0.1, 0.15) is 69.3 Å². The highest BCUT2D eigenvalue weighted by Crippen LogP contribution is 2.26. The number of rotatable bonds is 18. The molecular weight excluding hydrogens is 649 g/mol. The zero-order valence-corrected chi connectivity index (χ0v) is 28.7. The van der Waals surface area contributed by atoms with E-state index in [-0.39, 0.29) is 31.0 Å². The summed E-state index contributed by atoms with van der Waals surface area (Å²) in [5, 5.41) is 14.8. The molecule has 0 bridgehead atoms. The summed E-state index contributed by atoms with van der Waals surface area (Å²) < 4.78 is 39.9. The Morgan fingerprint density at radius 3 is 1.84 bits per heavy atom. The molecule has 0 fully saturated rings. The summed E-state index contributed by atoms with van der Waals surface area (Å²) in [6.45, 7) is 6.14. The lowest BCUT2D eigenvalue weighted by atomic mass is 9.87. The molecule has 0 aromatic heterocycles. The summed E-state index contributed by atoms with van der Waals surface area (Å²) >= 11 is 0. The minimum absolute atomic E-state index is 0.0769. The number of hydrogen-bond acceptors (Lipinski definition) is 6. The van der Waals surface area contributed by atoms with Crippen LogP contribution < -0.4 is 10.6 Å². The van der Waals surface area contributed by atoms with Gasteiger partial charge in [0.15, 0.2) is 17.7 Å². The topological polar surface area (TPSA) is 130 Å². The smallest absolute Gasteiger partial charge is 0.382 e. The third-order valence-corrected chi connectivity index (χ3v) is 8.66. The van der Waals surface area contributed by atoms with Gasteiger partial charge in [0, 0.05) is 36.7 Å². The maximum absolute atomic E-state index is 13.7. The molecule has 268 valence electrons. The number of nitrogens with one attached hydrogen (secondary N) is 2. The van der Waals surface area contributed by atoms with Gasteiger partial charge in [0.25, 0.3) is 0 Å². The fourth-order valence-electron chi connectivity index (χ4n) is 5.56. The van der Waals surface area contributed by atoms with Crippen LogP contribution in [-0.2, 0) is 25.6 Å². The molecule has 2 amide bonds. The minimum Gasteiger partial charge on any atom is -0.382 e. The Kier molecular flexibility index (Phi) is 14.6. The normalized spacial score (nSPS) is 14.6. The maximum Gasteiger partial charge on any atom is 0.416 e. The lowest BCUT2D eigenvalue weighted by Gasteiger charge is -2.27. The van der Waals surface area contributed by atoms with Gasteiger partial charge in [-0.1, -0.05) is 106 Å². The summed E-state index contributed by atoms with van der Waals surface area (Å²) in [6, 6.07) is 22.7. The third kappa shape index (κ3) is 12.0. The second-order valence-corrected chi connectivity index (χ2v) is 13.1. The van der Waals surface area contributed by atoms with Crippen LogP contribution in [0.4, 0.5) is 13.2 Å². The molecule has 0 aliphatic carbocycles. The molecule has 0 spiro atoms. The quantitative estimate of drug-likeness (QED) is 0.134. The first-order valence-corrected chi connectivity index (χ1v) is 16.7. The fraction of sp³-hybridized carbons (Fsp3) is 0.410. The van der Waals surface area contributed by atoms with Crippen LogP contribution in [0.15, 0.2) is 84.9 Å². The number of carbonyl (C=O) groups excluding carboxylic acids is 5.